The van der Waals surface area contributed by atoms with Crippen LogP contribution in [-0.2, 0) is 20.8 Å². The lowest BCUT2D eigenvalue weighted by Crippen LogP contribution is -2.68. The first-order chi connectivity index (χ1) is 16.2. The summed E-state index contributed by atoms with van der Waals surface area (Å²) in [7, 11) is 0. The minimum atomic E-state index is -8.04. The largest absolute Gasteiger partial charge is 0.462 e. The van der Waals surface area contributed by atoms with Gasteiger partial charge in [-0.3, -0.25) is 14.3 Å². The molecule has 0 aliphatic heterocycles. The second-order valence-electron chi connectivity index (χ2n) is 6.66. The molecule has 1 N–H and O–H groups in total. The first kappa shape index (κ1) is 32.4. The molecule has 0 bridgehead atoms. The van der Waals surface area contributed by atoms with Gasteiger partial charge in [0.05, 0.1) is 0 Å². The number of ether oxygens (including phenoxy) is 2. The number of nitrogens with one attached hydrogen (secondary N) is 1. The molecule has 1 aromatic rings. The number of hydrogen-bond donors (Lipinski definition) is 1. The maximum Gasteiger partial charge on any atom is 0.462 e. The van der Waals surface area contributed by atoms with Crippen LogP contribution >= 0.6 is 0 Å². The molecule has 21 heteroatoms. The Morgan fingerprint density at radius 1 is 0.622 bits per heavy atom. The number of benzene rings is 1. The molecule has 0 spiro atoms. The molecule has 2 atom stereocenters. The maximum absolute atomic E-state index is 14.3. The molecule has 0 fully saturated rings. The Kier molecular flexibility index (Phi) is 8.44. The lowest BCUT2D eigenvalue weighted by atomic mass is 10.2. The smallest absolute Gasteiger partial charge is 0.347 e. The van der Waals surface area contributed by atoms with Crippen molar-refractivity contribution in [3.8, 4) is 0 Å². The van der Waals surface area contributed by atoms with Crippen molar-refractivity contribution in [3.05, 3.63) is 35.9 Å². The highest BCUT2D eigenvalue weighted by Crippen LogP contribution is 2.56. The van der Waals surface area contributed by atoms with Crippen molar-refractivity contribution in [3.63, 3.8) is 0 Å². The molecule has 1 aromatic carbocycles. The summed E-state index contributed by atoms with van der Waals surface area (Å²) in [5, 5.41) is 0.898. The fourth-order valence-electron chi connectivity index (χ4n) is 2.06. The van der Waals surface area contributed by atoms with E-state index in [0.717, 1.165) is 29.6 Å². The predicted molar refractivity (Wildman–Crippen MR) is 81.1 cm³/mol. The molecule has 1 amide bonds. The predicted octanol–water partition coefficient (Wildman–Crippen LogP) is 6.18. The van der Waals surface area contributed by atoms with Crippen LogP contribution in [0.2, 0.25) is 0 Å². The number of amides is 1. The average molecular weight is 585 g/mol. The topological polar surface area (TPSA) is 47.6 Å². The molecule has 0 aliphatic carbocycles. The van der Waals surface area contributed by atoms with Crippen molar-refractivity contribution in [2.24, 2.45) is 0 Å². The van der Waals surface area contributed by atoms with E-state index in [9.17, 15) is 79.4 Å². The molecule has 1 rings (SSSR count). The second kappa shape index (κ2) is 9.62. The van der Waals surface area contributed by atoms with E-state index in [4.69, 9.17) is 0 Å². The van der Waals surface area contributed by atoms with Gasteiger partial charge in [-0.15, -0.1) is 0 Å². The molecule has 0 saturated carbocycles. The van der Waals surface area contributed by atoms with E-state index in [1.165, 1.54) is 10.8 Å². The Bertz CT molecular complexity index is 943. The summed E-state index contributed by atoms with van der Waals surface area (Å²) in [5.41, 5.74) is -0.209. The van der Waals surface area contributed by atoms with Crippen LogP contribution < -0.4 is 5.32 Å². The summed E-state index contributed by atoms with van der Waals surface area (Å²) in [5.74, 6) is -26.1. The number of carbonyl (C=O) groups is 1. The zero-order chi connectivity index (χ0) is 29.5. The lowest BCUT2D eigenvalue weighted by molar-refractivity contribution is -0.548. The number of alkyl halides is 17. The summed E-state index contributed by atoms with van der Waals surface area (Å²) in [6.07, 6.45) is -38.5. The third-order valence-electron chi connectivity index (χ3n) is 3.95. The molecule has 0 unspecified atom stereocenters. The second-order valence-corrected chi connectivity index (χ2v) is 6.66. The molecule has 0 radical (unpaired) electrons. The summed E-state index contributed by atoms with van der Waals surface area (Å²) in [6, 6.07) is 5.63. The highest BCUT2D eigenvalue weighted by Gasteiger charge is 2.85. The van der Waals surface area contributed by atoms with Gasteiger partial charge in [0.1, 0.15) is 0 Å². The minimum absolute atomic E-state index is 0.209. The van der Waals surface area contributed by atoms with Crippen LogP contribution in [0.1, 0.15) is 5.56 Å². The van der Waals surface area contributed by atoms with Crippen LogP contribution in [0.3, 0.4) is 0 Å². The first-order valence-electron chi connectivity index (χ1n) is 8.60. The van der Waals surface area contributed by atoms with Gasteiger partial charge in [-0.1, -0.05) is 30.3 Å². The van der Waals surface area contributed by atoms with Gasteiger partial charge in [0, 0.05) is 6.54 Å². The number of carbonyl (C=O) groups excluding carboxylic acids is 1. The Morgan fingerprint density at radius 2 is 1.08 bits per heavy atom. The first-order valence-corrected chi connectivity index (χ1v) is 8.60. The van der Waals surface area contributed by atoms with Gasteiger partial charge in [0.25, 0.3) is 5.91 Å². The number of halogens is 17. The highest BCUT2D eigenvalue weighted by atomic mass is 19.4. The van der Waals surface area contributed by atoms with Gasteiger partial charge in [0.2, 0.25) is 0 Å². The summed E-state index contributed by atoms with van der Waals surface area (Å²) < 4.78 is 225. The number of rotatable bonds is 9. The minimum Gasteiger partial charge on any atom is -0.347 e. The highest BCUT2D eigenvalue weighted by molar-refractivity contribution is 5.84. The Morgan fingerprint density at radius 3 is 1.46 bits per heavy atom. The molecule has 37 heavy (non-hydrogen) atoms. The van der Waals surface area contributed by atoms with Crippen molar-refractivity contribution in [1.82, 2.24) is 5.32 Å². The van der Waals surface area contributed by atoms with Crippen LogP contribution in [0.15, 0.2) is 30.3 Å². The Hall–Kier alpha value is -2.58. The van der Waals surface area contributed by atoms with E-state index in [1.807, 2.05) is 4.74 Å². The van der Waals surface area contributed by atoms with Crippen LogP contribution in [0.5, 0.6) is 0 Å². The van der Waals surface area contributed by atoms with Gasteiger partial charge in [-0.25, -0.2) is 0 Å². The molecule has 0 aliphatic rings. The van der Waals surface area contributed by atoms with Crippen molar-refractivity contribution in [2.45, 2.75) is 54.9 Å². The maximum atomic E-state index is 14.3. The van der Waals surface area contributed by atoms with Crippen LogP contribution in [-0.4, -0.2) is 54.3 Å². The Balaban J connectivity index is 3.52. The van der Waals surface area contributed by atoms with E-state index >= 15 is 0 Å². The fraction of sp³-hybridized carbons (Fsp3) is 0.562. The third-order valence-corrected chi connectivity index (χ3v) is 3.95. The zero-order valence-electron chi connectivity index (χ0n) is 16.7. The van der Waals surface area contributed by atoms with Gasteiger partial charge in [-0.2, -0.15) is 74.6 Å². The van der Waals surface area contributed by atoms with E-state index in [2.05, 4.69) is 0 Å². The van der Waals surface area contributed by atoms with Crippen LogP contribution in [0, 0.1) is 0 Å². The molecular weight excluding hydrogens is 577 g/mol. The van der Waals surface area contributed by atoms with E-state index in [1.54, 1.807) is 0 Å². The summed E-state index contributed by atoms with van der Waals surface area (Å²) >= 11 is 0. The van der Waals surface area contributed by atoms with E-state index < -0.39 is 60.8 Å². The normalized spacial score (nSPS) is 17.6. The summed E-state index contributed by atoms with van der Waals surface area (Å²) in [6.45, 7) is -1.19. The fourth-order valence-corrected chi connectivity index (χ4v) is 2.06. The monoisotopic (exact) mass is 585 g/mol. The van der Waals surface area contributed by atoms with Gasteiger partial charge >= 0.3 is 48.4 Å². The molecule has 4 nitrogen and oxygen atoms in total. The molecule has 0 aromatic heterocycles. The standard InChI is InChI=1S/C16H8F17NO3/c17-9(12(21,22)23,8(35)34-6-7-4-2-1-3-5-7)36-16(32,33)11(20,14(27,28)29)37-15(30,31)10(18,19)13(24,25)26/h1-5H,6H2,(H,34,35)/t9-,11-/m1/s1. The van der Waals surface area contributed by atoms with Crippen LogP contribution in [0.4, 0.5) is 74.6 Å². The van der Waals surface area contributed by atoms with E-state index in [-0.39, 0.29) is 5.56 Å². The SMILES string of the molecule is O=C(NCc1ccccc1)[C@@](F)(OC(F)(F)[C@](F)(OC(F)(F)C(F)(F)C(F)(F)F)C(F)(F)F)C(F)(F)F. The molecule has 0 heterocycles. The number of hydrogen-bond acceptors (Lipinski definition) is 3. The average Bonchev–Trinajstić information content (AvgIpc) is 2.69. The quantitative estimate of drug-likeness (QED) is 0.353. The lowest BCUT2D eigenvalue weighted by Gasteiger charge is -2.40. The molecular formula is C16H8F17NO3. The summed E-state index contributed by atoms with van der Waals surface area (Å²) in [4.78, 5) is 11.6. The van der Waals surface area contributed by atoms with Crippen molar-refractivity contribution < 1.29 is 88.9 Å². The van der Waals surface area contributed by atoms with Crippen molar-refractivity contribution >= 4 is 5.91 Å². The molecule has 0 saturated heterocycles. The van der Waals surface area contributed by atoms with E-state index in [0.29, 0.717) is 0 Å². The van der Waals surface area contributed by atoms with Gasteiger partial charge in [0.15, 0.2) is 0 Å². The Labute approximate surface area is 192 Å². The third kappa shape index (κ3) is 6.12. The zero-order valence-corrected chi connectivity index (χ0v) is 16.7. The van der Waals surface area contributed by atoms with Crippen molar-refractivity contribution in [2.75, 3.05) is 0 Å². The molecule has 214 valence electrons. The van der Waals surface area contributed by atoms with Gasteiger partial charge in [-0.05, 0) is 5.56 Å². The van der Waals surface area contributed by atoms with Crippen LogP contribution in [0.25, 0.3) is 0 Å². The van der Waals surface area contributed by atoms with Gasteiger partial charge < -0.3 is 5.32 Å². The van der Waals surface area contributed by atoms with Crippen molar-refractivity contribution in [1.29, 1.82) is 0 Å².